The zero-order valence-electron chi connectivity index (χ0n) is 12.5. The largest absolute Gasteiger partial charge is 0.460 e. The molecular formula is C14H24O6. The van der Waals surface area contributed by atoms with Crippen molar-refractivity contribution in [3.05, 3.63) is 12.7 Å². The van der Waals surface area contributed by atoms with Crippen molar-refractivity contribution in [3.8, 4) is 0 Å². The minimum Gasteiger partial charge on any atom is -0.460 e. The lowest BCUT2D eigenvalue weighted by atomic mass is 10.1. The molecule has 0 N–H and O–H groups in total. The van der Waals surface area contributed by atoms with Crippen LogP contribution in [-0.4, -0.2) is 51.1 Å². The van der Waals surface area contributed by atoms with E-state index < -0.39 is 11.6 Å². The van der Waals surface area contributed by atoms with Gasteiger partial charge in [0.05, 0.1) is 13.2 Å². The van der Waals surface area contributed by atoms with Crippen LogP contribution in [0.3, 0.4) is 0 Å². The highest BCUT2D eigenvalue weighted by atomic mass is 16.6. The van der Waals surface area contributed by atoms with Gasteiger partial charge in [-0.25, -0.2) is 4.79 Å². The van der Waals surface area contributed by atoms with Crippen LogP contribution in [0.2, 0.25) is 0 Å². The molecule has 0 saturated carbocycles. The summed E-state index contributed by atoms with van der Waals surface area (Å²) in [6, 6.07) is 0. The van der Waals surface area contributed by atoms with E-state index in [4.69, 9.17) is 18.9 Å². The van der Waals surface area contributed by atoms with Crippen LogP contribution in [0.25, 0.3) is 0 Å². The molecule has 0 fully saturated rings. The fourth-order valence-corrected chi connectivity index (χ4v) is 1.42. The highest BCUT2D eigenvalue weighted by molar-refractivity contribution is 5.81. The van der Waals surface area contributed by atoms with Crippen molar-refractivity contribution in [1.82, 2.24) is 0 Å². The van der Waals surface area contributed by atoms with Crippen molar-refractivity contribution < 1.29 is 28.5 Å². The maximum absolute atomic E-state index is 11.5. The van der Waals surface area contributed by atoms with Gasteiger partial charge < -0.3 is 18.9 Å². The van der Waals surface area contributed by atoms with E-state index in [1.165, 1.54) is 0 Å². The van der Waals surface area contributed by atoms with E-state index in [0.29, 0.717) is 26.2 Å². The first-order valence-electron chi connectivity index (χ1n) is 6.49. The quantitative estimate of drug-likeness (QED) is 0.326. The van der Waals surface area contributed by atoms with E-state index in [-0.39, 0.29) is 19.0 Å². The number of hydrogen-bond acceptors (Lipinski definition) is 6. The van der Waals surface area contributed by atoms with Gasteiger partial charge in [-0.1, -0.05) is 6.58 Å². The lowest BCUT2D eigenvalue weighted by molar-refractivity contribution is -0.161. The molecule has 0 aliphatic rings. The lowest BCUT2D eigenvalue weighted by Gasteiger charge is -2.24. The van der Waals surface area contributed by atoms with Gasteiger partial charge >= 0.3 is 11.9 Å². The topological polar surface area (TPSA) is 71.1 Å². The Balaban J connectivity index is 3.53. The Morgan fingerprint density at radius 2 is 1.90 bits per heavy atom. The molecular weight excluding hydrogens is 264 g/mol. The summed E-state index contributed by atoms with van der Waals surface area (Å²) in [7, 11) is 1.56. The van der Waals surface area contributed by atoms with Crippen LogP contribution >= 0.6 is 0 Å². The average Bonchev–Trinajstić information content (AvgIpc) is 2.36. The second-order valence-electron chi connectivity index (χ2n) is 4.75. The molecule has 0 aromatic heterocycles. The summed E-state index contributed by atoms with van der Waals surface area (Å²) >= 11 is 0. The normalized spacial score (nSPS) is 10.9. The first-order valence-corrected chi connectivity index (χ1v) is 6.49. The van der Waals surface area contributed by atoms with Crippen LogP contribution in [0.5, 0.6) is 0 Å². The minimum absolute atomic E-state index is 0.177. The number of ether oxygens (including phenoxy) is 4. The van der Waals surface area contributed by atoms with Crippen molar-refractivity contribution >= 4 is 11.9 Å². The third kappa shape index (κ3) is 10.5. The molecule has 6 nitrogen and oxygen atoms in total. The third-order valence-corrected chi connectivity index (χ3v) is 2.19. The average molecular weight is 288 g/mol. The van der Waals surface area contributed by atoms with E-state index in [0.717, 1.165) is 6.08 Å². The summed E-state index contributed by atoms with van der Waals surface area (Å²) in [4.78, 5) is 22.2. The molecule has 0 bridgehead atoms. The van der Waals surface area contributed by atoms with Crippen LogP contribution in [0.15, 0.2) is 12.7 Å². The second-order valence-corrected chi connectivity index (χ2v) is 4.75. The van der Waals surface area contributed by atoms with Gasteiger partial charge in [0.25, 0.3) is 0 Å². The first kappa shape index (κ1) is 18.6. The Morgan fingerprint density at radius 3 is 2.50 bits per heavy atom. The maximum Gasteiger partial charge on any atom is 0.330 e. The van der Waals surface area contributed by atoms with Gasteiger partial charge in [0.15, 0.2) is 0 Å². The zero-order chi connectivity index (χ0) is 15.4. The summed E-state index contributed by atoms with van der Waals surface area (Å²) in [5.74, 6) is -0.758. The van der Waals surface area contributed by atoms with E-state index in [2.05, 4.69) is 6.58 Å². The maximum atomic E-state index is 11.5. The zero-order valence-corrected chi connectivity index (χ0v) is 12.5. The van der Waals surface area contributed by atoms with E-state index in [1.54, 1.807) is 21.0 Å². The fourth-order valence-electron chi connectivity index (χ4n) is 1.42. The Labute approximate surface area is 120 Å². The molecule has 116 valence electrons. The van der Waals surface area contributed by atoms with Gasteiger partial charge in [-0.2, -0.15) is 0 Å². The standard InChI is InChI=1S/C14H24O6/c1-5-12(15)19-10-9-18-8-6-7-13(16)20-14(2,3)11-17-4/h5H,1,6-11H2,2-4H3. The molecule has 20 heavy (non-hydrogen) atoms. The number of carbonyl (C=O) groups is 2. The van der Waals surface area contributed by atoms with Gasteiger partial charge in [0, 0.05) is 26.2 Å². The highest BCUT2D eigenvalue weighted by Gasteiger charge is 2.22. The first-order chi connectivity index (χ1) is 9.41. The van der Waals surface area contributed by atoms with Crippen LogP contribution in [0.1, 0.15) is 26.7 Å². The van der Waals surface area contributed by atoms with E-state index >= 15 is 0 Å². The predicted molar refractivity (Wildman–Crippen MR) is 73.3 cm³/mol. The Hall–Kier alpha value is -1.40. The van der Waals surface area contributed by atoms with Crippen LogP contribution in [-0.2, 0) is 28.5 Å². The van der Waals surface area contributed by atoms with Crippen molar-refractivity contribution in [2.75, 3.05) is 33.5 Å². The fraction of sp³-hybridized carbons (Fsp3) is 0.714. The van der Waals surface area contributed by atoms with E-state index in [1.807, 2.05) is 0 Å². The molecule has 0 spiro atoms. The van der Waals surface area contributed by atoms with Gasteiger partial charge in [-0.3, -0.25) is 4.79 Å². The van der Waals surface area contributed by atoms with Gasteiger partial charge in [0.1, 0.15) is 12.2 Å². The summed E-state index contributed by atoms with van der Waals surface area (Å²) < 4.78 is 20.1. The summed E-state index contributed by atoms with van der Waals surface area (Å²) in [6.45, 7) is 8.09. The number of carbonyl (C=O) groups excluding carboxylic acids is 2. The monoisotopic (exact) mass is 288 g/mol. The predicted octanol–water partition coefficient (Wildman–Crippen LogP) is 1.48. The Kier molecular flexibility index (Phi) is 9.67. The van der Waals surface area contributed by atoms with Crippen molar-refractivity contribution in [2.24, 2.45) is 0 Å². The second kappa shape index (κ2) is 10.4. The van der Waals surface area contributed by atoms with Gasteiger partial charge in [-0.05, 0) is 20.3 Å². The van der Waals surface area contributed by atoms with Crippen molar-refractivity contribution in [1.29, 1.82) is 0 Å². The Morgan fingerprint density at radius 1 is 1.20 bits per heavy atom. The smallest absolute Gasteiger partial charge is 0.330 e. The summed E-state index contributed by atoms with van der Waals surface area (Å²) in [5.41, 5.74) is -0.619. The van der Waals surface area contributed by atoms with Gasteiger partial charge in [-0.15, -0.1) is 0 Å². The highest BCUT2D eigenvalue weighted by Crippen LogP contribution is 2.11. The van der Waals surface area contributed by atoms with Crippen molar-refractivity contribution in [2.45, 2.75) is 32.3 Å². The molecule has 0 aliphatic carbocycles. The number of methoxy groups -OCH3 is 1. The molecule has 0 atom stereocenters. The molecule has 0 amide bonds. The SMILES string of the molecule is C=CC(=O)OCCOCCCC(=O)OC(C)(C)COC. The molecule has 0 radical (unpaired) electrons. The van der Waals surface area contributed by atoms with Crippen LogP contribution in [0, 0.1) is 0 Å². The van der Waals surface area contributed by atoms with Crippen molar-refractivity contribution in [3.63, 3.8) is 0 Å². The van der Waals surface area contributed by atoms with Crippen LogP contribution < -0.4 is 0 Å². The molecule has 0 rings (SSSR count). The lowest BCUT2D eigenvalue weighted by Crippen LogP contribution is -2.33. The van der Waals surface area contributed by atoms with E-state index in [9.17, 15) is 9.59 Å². The summed E-state index contributed by atoms with van der Waals surface area (Å²) in [6.07, 6.45) is 1.93. The number of rotatable bonds is 11. The molecule has 6 heteroatoms. The molecule has 0 heterocycles. The molecule has 0 aromatic carbocycles. The third-order valence-electron chi connectivity index (χ3n) is 2.19. The molecule has 0 saturated heterocycles. The molecule has 0 unspecified atom stereocenters. The molecule has 0 aliphatic heterocycles. The van der Waals surface area contributed by atoms with Gasteiger partial charge in [0.2, 0.25) is 0 Å². The number of esters is 2. The van der Waals surface area contributed by atoms with Crippen LogP contribution in [0.4, 0.5) is 0 Å². The number of hydrogen-bond donors (Lipinski definition) is 0. The Bertz CT molecular complexity index is 311. The molecule has 0 aromatic rings. The summed E-state index contributed by atoms with van der Waals surface area (Å²) in [5, 5.41) is 0. The minimum atomic E-state index is -0.619.